The van der Waals surface area contributed by atoms with E-state index in [4.69, 9.17) is 24.4 Å². The van der Waals surface area contributed by atoms with Gasteiger partial charge in [0, 0.05) is 13.5 Å². The number of nitrogens with zero attached hydrogens (tertiary/aromatic N) is 1. The molecule has 0 unspecified atom stereocenters. The van der Waals surface area contributed by atoms with Crippen molar-refractivity contribution in [2.75, 3.05) is 12.4 Å². The number of rotatable bonds is 5. The lowest BCUT2D eigenvalue weighted by Crippen LogP contribution is -2.48. The quantitative estimate of drug-likeness (QED) is 0.614. The molecule has 0 spiro atoms. The van der Waals surface area contributed by atoms with Crippen LogP contribution in [0.4, 0.5) is 5.13 Å². The Hall–Kier alpha value is -1.84. The van der Waals surface area contributed by atoms with Gasteiger partial charge in [0.2, 0.25) is 11.0 Å². The number of aromatic nitrogens is 2. The van der Waals surface area contributed by atoms with Gasteiger partial charge in [-0.25, -0.2) is 0 Å². The van der Waals surface area contributed by atoms with Gasteiger partial charge in [0.1, 0.15) is 6.04 Å². The lowest BCUT2D eigenvalue weighted by Gasteiger charge is -2.19. The van der Waals surface area contributed by atoms with Crippen molar-refractivity contribution in [1.29, 1.82) is 0 Å². The Balaban J connectivity index is 2.01. The predicted octanol–water partition coefficient (Wildman–Crippen LogP) is 1.84. The molecule has 1 aromatic heterocycles. The van der Waals surface area contributed by atoms with Gasteiger partial charge in [0.15, 0.2) is 9.07 Å². The maximum absolute atomic E-state index is 12.0. The van der Waals surface area contributed by atoms with E-state index in [1.807, 2.05) is 30.3 Å². The van der Waals surface area contributed by atoms with Gasteiger partial charge >= 0.3 is 0 Å². The van der Waals surface area contributed by atoms with Crippen molar-refractivity contribution in [3.8, 4) is 0 Å². The molecule has 0 fully saturated rings. The highest BCUT2D eigenvalue weighted by Crippen LogP contribution is 2.10. The van der Waals surface area contributed by atoms with Crippen LogP contribution in [-0.2, 0) is 11.2 Å². The molecule has 0 aliphatic carbocycles. The fraction of sp³-hybridized carbons (Fsp3) is 0.231. The molecule has 116 valence electrons. The molecular weight excluding hydrogens is 338 g/mol. The van der Waals surface area contributed by atoms with Crippen LogP contribution in [0.25, 0.3) is 0 Å². The van der Waals surface area contributed by atoms with Crippen LogP contribution in [0.2, 0.25) is 0 Å². The van der Waals surface area contributed by atoms with Crippen LogP contribution in [0, 0.1) is 3.95 Å². The van der Waals surface area contributed by atoms with E-state index < -0.39 is 6.04 Å². The summed E-state index contributed by atoms with van der Waals surface area (Å²) in [5, 5.41) is 16.0. The van der Waals surface area contributed by atoms with Crippen LogP contribution < -0.4 is 16.0 Å². The molecule has 0 aliphatic rings. The summed E-state index contributed by atoms with van der Waals surface area (Å²) in [6, 6.07) is 9.26. The second-order valence-corrected chi connectivity index (χ2v) is 6.45. The number of thiocarbonyl (C=S) groups is 1. The molecule has 6 nitrogen and oxygen atoms in total. The van der Waals surface area contributed by atoms with Crippen molar-refractivity contribution in [2.24, 2.45) is 0 Å². The average molecular weight is 353 g/mol. The normalized spacial score (nSPS) is 11.5. The summed E-state index contributed by atoms with van der Waals surface area (Å²) in [6.45, 7) is 0. The molecule has 4 N–H and O–H groups in total. The number of benzene rings is 1. The monoisotopic (exact) mass is 353 g/mol. The van der Waals surface area contributed by atoms with E-state index in [0.29, 0.717) is 20.6 Å². The standard InChI is InChI=1S/C13H15N5OS3/c1-14-10(19)9(7-8-5-3-2-4-6-8)15-11(20)16-12-17-18-13(21)22-12/h2-6,9H,7H2,1H3,(H,14,19)(H,18,21)(H2,15,16,17,20)/t9-/m0/s1. The predicted molar refractivity (Wildman–Crippen MR) is 94.7 cm³/mol. The number of anilines is 1. The topological polar surface area (TPSA) is 81.8 Å². The Kier molecular flexibility index (Phi) is 5.99. The molecule has 0 bridgehead atoms. The molecule has 0 aliphatic heterocycles. The first-order valence-electron chi connectivity index (χ1n) is 6.47. The number of aromatic amines is 1. The van der Waals surface area contributed by atoms with E-state index in [1.54, 1.807) is 7.05 Å². The highest BCUT2D eigenvalue weighted by molar-refractivity contribution is 7.80. The van der Waals surface area contributed by atoms with Crippen molar-refractivity contribution < 1.29 is 4.79 Å². The average Bonchev–Trinajstić information content (AvgIpc) is 2.91. The molecule has 1 aromatic carbocycles. The lowest BCUT2D eigenvalue weighted by atomic mass is 10.1. The largest absolute Gasteiger partial charge is 0.357 e. The smallest absolute Gasteiger partial charge is 0.242 e. The first-order chi connectivity index (χ1) is 10.6. The number of amides is 1. The maximum Gasteiger partial charge on any atom is 0.242 e. The Morgan fingerprint density at radius 3 is 2.73 bits per heavy atom. The third-order valence-corrected chi connectivity index (χ3v) is 4.03. The summed E-state index contributed by atoms with van der Waals surface area (Å²) in [5.41, 5.74) is 1.04. The summed E-state index contributed by atoms with van der Waals surface area (Å²) >= 11 is 11.4. The van der Waals surface area contributed by atoms with Gasteiger partial charge in [0.25, 0.3) is 0 Å². The zero-order valence-corrected chi connectivity index (χ0v) is 14.2. The van der Waals surface area contributed by atoms with Gasteiger partial charge in [-0.1, -0.05) is 41.7 Å². The van der Waals surface area contributed by atoms with E-state index in [9.17, 15) is 4.79 Å². The minimum Gasteiger partial charge on any atom is -0.357 e. The van der Waals surface area contributed by atoms with E-state index in [-0.39, 0.29) is 5.91 Å². The van der Waals surface area contributed by atoms with Crippen LogP contribution in [0.5, 0.6) is 0 Å². The van der Waals surface area contributed by atoms with Crippen molar-refractivity contribution in [2.45, 2.75) is 12.5 Å². The van der Waals surface area contributed by atoms with Crippen LogP contribution in [0.1, 0.15) is 5.56 Å². The molecule has 2 rings (SSSR count). The van der Waals surface area contributed by atoms with Gasteiger partial charge < -0.3 is 16.0 Å². The number of H-pyrrole nitrogens is 1. The first-order valence-corrected chi connectivity index (χ1v) is 8.10. The molecule has 9 heteroatoms. The lowest BCUT2D eigenvalue weighted by molar-refractivity contribution is -0.122. The van der Waals surface area contributed by atoms with Crippen molar-refractivity contribution in [3.63, 3.8) is 0 Å². The third kappa shape index (κ3) is 4.86. The number of likely N-dealkylation sites (N-methyl/N-ethyl adjacent to an activating group) is 1. The maximum atomic E-state index is 12.0. The fourth-order valence-corrected chi connectivity index (χ4v) is 2.91. The fourth-order valence-electron chi connectivity index (χ4n) is 1.81. The second-order valence-electron chi connectivity index (χ2n) is 4.37. The molecule has 1 atom stereocenters. The number of carbonyl (C=O) groups is 1. The summed E-state index contributed by atoms with van der Waals surface area (Å²) in [4.78, 5) is 12.0. The molecule has 1 amide bonds. The number of nitrogens with one attached hydrogen (secondary N) is 4. The van der Waals surface area contributed by atoms with Gasteiger partial charge in [-0.15, -0.1) is 5.10 Å². The second kappa shape index (κ2) is 7.97. The van der Waals surface area contributed by atoms with Crippen molar-refractivity contribution >= 4 is 51.9 Å². The Bertz CT molecular complexity index is 697. The first kappa shape index (κ1) is 16.5. The number of hydrogen-bond donors (Lipinski definition) is 4. The molecule has 22 heavy (non-hydrogen) atoms. The van der Waals surface area contributed by atoms with Crippen molar-refractivity contribution in [3.05, 3.63) is 39.8 Å². The SMILES string of the molecule is CNC(=O)[C@H](Cc1ccccc1)NC(=S)Nc1n[nH]c(=S)s1. The molecule has 0 saturated carbocycles. The van der Waals surface area contributed by atoms with E-state index >= 15 is 0 Å². The minimum absolute atomic E-state index is 0.136. The molecule has 0 saturated heterocycles. The number of carbonyl (C=O) groups excluding carboxylic acids is 1. The minimum atomic E-state index is -0.473. The number of hydrogen-bond acceptors (Lipinski definition) is 5. The molecule has 1 heterocycles. The Morgan fingerprint density at radius 2 is 2.14 bits per heavy atom. The van der Waals surface area contributed by atoms with Crippen LogP contribution in [-0.4, -0.2) is 34.3 Å². The summed E-state index contributed by atoms with van der Waals surface area (Å²) in [7, 11) is 1.59. The van der Waals surface area contributed by atoms with Crippen molar-refractivity contribution in [1.82, 2.24) is 20.8 Å². The summed E-state index contributed by atoms with van der Waals surface area (Å²) in [5.74, 6) is -0.136. The highest BCUT2D eigenvalue weighted by Gasteiger charge is 2.19. The van der Waals surface area contributed by atoms with Crippen LogP contribution >= 0.6 is 35.8 Å². The summed E-state index contributed by atoms with van der Waals surface area (Å²) in [6.07, 6.45) is 0.526. The van der Waals surface area contributed by atoms with Gasteiger partial charge in [-0.3, -0.25) is 9.89 Å². The van der Waals surface area contributed by atoms with E-state index in [1.165, 1.54) is 11.3 Å². The Labute approximate surface area is 142 Å². The van der Waals surface area contributed by atoms with E-state index in [2.05, 4.69) is 26.1 Å². The molecule has 0 radical (unpaired) electrons. The third-order valence-electron chi connectivity index (χ3n) is 2.81. The molecule has 2 aromatic rings. The van der Waals surface area contributed by atoms with Gasteiger partial charge in [-0.2, -0.15) is 0 Å². The van der Waals surface area contributed by atoms with Crippen LogP contribution in [0.15, 0.2) is 30.3 Å². The van der Waals surface area contributed by atoms with E-state index in [0.717, 1.165) is 5.56 Å². The Morgan fingerprint density at radius 1 is 1.41 bits per heavy atom. The zero-order chi connectivity index (χ0) is 15.9. The summed E-state index contributed by atoms with van der Waals surface area (Å²) < 4.78 is 0.553. The van der Waals surface area contributed by atoms with Gasteiger partial charge in [0.05, 0.1) is 0 Å². The zero-order valence-electron chi connectivity index (χ0n) is 11.8. The molecular formula is C13H15N5OS3. The highest BCUT2D eigenvalue weighted by atomic mass is 32.1. The van der Waals surface area contributed by atoms with Crippen LogP contribution in [0.3, 0.4) is 0 Å². The van der Waals surface area contributed by atoms with Gasteiger partial charge in [-0.05, 0) is 30.0 Å².